The first-order chi connectivity index (χ1) is 22.3. The van der Waals surface area contributed by atoms with E-state index in [0.29, 0.717) is 44.2 Å². The number of amides is 2. The zero-order valence-electron chi connectivity index (χ0n) is 26.2. The number of nitrogens with zero attached hydrogens (tertiary/aromatic N) is 8. The zero-order valence-corrected chi connectivity index (χ0v) is 27.0. The van der Waals surface area contributed by atoms with Gasteiger partial charge in [0.1, 0.15) is 0 Å². The number of nitrogen functional groups attached to an aromatic ring is 1. The number of halogens is 4. The van der Waals surface area contributed by atoms with E-state index in [1.165, 1.54) is 10.9 Å². The number of benzene rings is 1. The lowest BCUT2D eigenvalue weighted by molar-refractivity contribution is -0.141. The number of piperazine rings is 1. The van der Waals surface area contributed by atoms with Crippen LogP contribution in [-0.4, -0.2) is 118 Å². The standard InChI is InChI=1S/C29H37ClF3N11O3/c1-17-14-43(15-18(2)41(17)3)22-6-5-19(13-20(22)36-28(46)23-24(29(31,32)33)38-25(30)26(34)37-23)44-16-21(39-40-44)27(45)35-7-4-8-42-9-11-47-12-10-42/h5-6,13,16-18H,4,7-12,14-15H2,1-3H3,(H2,34,37)(H,35,45)(H,36,46)/t17-,18+. The van der Waals surface area contributed by atoms with E-state index in [4.69, 9.17) is 22.1 Å². The molecule has 2 saturated heterocycles. The van der Waals surface area contributed by atoms with Crippen LogP contribution in [-0.2, 0) is 10.9 Å². The lowest BCUT2D eigenvalue weighted by Gasteiger charge is -2.44. The number of hydrogen-bond acceptors (Lipinski definition) is 11. The number of nitrogens with two attached hydrogens (primary N) is 1. The number of anilines is 3. The third-order valence-corrected chi connectivity index (χ3v) is 8.60. The van der Waals surface area contributed by atoms with Gasteiger partial charge in [0, 0.05) is 44.8 Å². The summed E-state index contributed by atoms with van der Waals surface area (Å²) in [4.78, 5) is 39.6. The van der Waals surface area contributed by atoms with Gasteiger partial charge in [0.05, 0.1) is 36.5 Å². The van der Waals surface area contributed by atoms with Crippen LogP contribution in [0.15, 0.2) is 24.4 Å². The van der Waals surface area contributed by atoms with Crippen LogP contribution in [0, 0.1) is 0 Å². The van der Waals surface area contributed by atoms with Crippen molar-refractivity contribution >= 4 is 40.6 Å². The molecule has 2 fully saturated rings. The van der Waals surface area contributed by atoms with Crippen LogP contribution in [0.3, 0.4) is 0 Å². The average Bonchev–Trinajstić information content (AvgIpc) is 3.53. The number of likely N-dealkylation sites (N-methyl/N-ethyl adjacent to an activating group) is 1. The van der Waals surface area contributed by atoms with Gasteiger partial charge in [-0.3, -0.25) is 19.4 Å². The highest BCUT2D eigenvalue weighted by atomic mass is 35.5. The highest BCUT2D eigenvalue weighted by molar-refractivity contribution is 6.31. The minimum absolute atomic E-state index is 0.0782. The Morgan fingerprint density at radius 2 is 1.81 bits per heavy atom. The first-order valence-corrected chi connectivity index (χ1v) is 15.5. The molecule has 2 aliphatic rings. The van der Waals surface area contributed by atoms with Crippen molar-refractivity contribution in [2.24, 2.45) is 0 Å². The molecule has 0 unspecified atom stereocenters. The van der Waals surface area contributed by atoms with Gasteiger partial charge in [-0.25, -0.2) is 14.6 Å². The third kappa shape index (κ3) is 8.09. The second kappa shape index (κ2) is 14.4. The fourth-order valence-corrected chi connectivity index (χ4v) is 5.65. The summed E-state index contributed by atoms with van der Waals surface area (Å²) in [7, 11) is 2.02. The van der Waals surface area contributed by atoms with E-state index in [-0.39, 0.29) is 23.5 Å². The second-order valence-electron chi connectivity index (χ2n) is 11.6. The molecule has 4 heterocycles. The van der Waals surface area contributed by atoms with E-state index in [1.54, 1.807) is 18.2 Å². The summed E-state index contributed by atoms with van der Waals surface area (Å²) in [6, 6.07) is 5.28. The molecule has 0 saturated carbocycles. The topological polar surface area (TPSA) is 160 Å². The third-order valence-electron chi connectivity index (χ3n) is 8.32. The molecule has 0 spiro atoms. The molecule has 0 bridgehead atoms. The number of ether oxygens (including phenoxy) is 1. The van der Waals surface area contributed by atoms with Crippen molar-refractivity contribution in [1.29, 1.82) is 0 Å². The van der Waals surface area contributed by atoms with Gasteiger partial charge in [0.25, 0.3) is 11.8 Å². The van der Waals surface area contributed by atoms with Gasteiger partial charge < -0.3 is 26.0 Å². The quantitative estimate of drug-likeness (QED) is 0.285. The Hall–Kier alpha value is -4.06. The Morgan fingerprint density at radius 3 is 2.49 bits per heavy atom. The highest BCUT2D eigenvalue weighted by Crippen LogP contribution is 2.35. The predicted octanol–water partition coefficient (Wildman–Crippen LogP) is 2.54. The molecule has 2 aliphatic heterocycles. The molecule has 254 valence electrons. The monoisotopic (exact) mass is 679 g/mol. The van der Waals surface area contributed by atoms with Gasteiger partial charge in [-0.2, -0.15) is 13.2 Å². The van der Waals surface area contributed by atoms with Gasteiger partial charge in [0.2, 0.25) is 0 Å². The molecule has 0 aliphatic carbocycles. The number of aromatic nitrogens is 5. The van der Waals surface area contributed by atoms with Crippen LogP contribution in [0.4, 0.5) is 30.4 Å². The normalized spacial score (nSPS) is 19.5. The summed E-state index contributed by atoms with van der Waals surface area (Å²) in [5.41, 5.74) is 4.27. The van der Waals surface area contributed by atoms with Gasteiger partial charge in [-0.05, 0) is 52.1 Å². The maximum atomic E-state index is 13.8. The number of rotatable bonds is 9. The summed E-state index contributed by atoms with van der Waals surface area (Å²) >= 11 is 5.71. The number of morpholine rings is 1. The van der Waals surface area contributed by atoms with Gasteiger partial charge in [-0.1, -0.05) is 16.8 Å². The molecule has 2 amide bonds. The number of alkyl halides is 3. The van der Waals surface area contributed by atoms with Crippen LogP contribution < -0.4 is 21.3 Å². The molecular weight excluding hydrogens is 643 g/mol. The van der Waals surface area contributed by atoms with Crippen LogP contribution in [0.25, 0.3) is 5.69 Å². The van der Waals surface area contributed by atoms with Crippen molar-refractivity contribution in [3.8, 4) is 5.69 Å². The lowest BCUT2D eigenvalue weighted by Crippen LogP contribution is -2.55. The summed E-state index contributed by atoms with van der Waals surface area (Å²) in [6.45, 7) is 9.70. The Kier molecular flexibility index (Phi) is 10.5. The van der Waals surface area contributed by atoms with Gasteiger partial charge >= 0.3 is 6.18 Å². The molecule has 1 aromatic carbocycles. The van der Waals surface area contributed by atoms with Crippen LogP contribution >= 0.6 is 11.6 Å². The van der Waals surface area contributed by atoms with Crippen molar-refractivity contribution in [2.75, 3.05) is 75.5 Å². The minimum atomic E-state index is -5.02. The smallest absolute Gasteiger partial charge is 0.381 e. The molecule has 3 aromatic rings. The van der Waals surface area contributed by atoms with Crippen molar-refractivity contribution in [3.05, 3.63) is 46.6 Å². The summed E-state index contributed by atoms with van der Waals surface area (Å²) < 4.78 is 48.2. The van der Waals surface area contributed by atoms with Gasteiger partial charge in [0.15, 0.2) is 28.1 Å². The maximum absolute atomic E-state index is 13.8. The Labute approximate surface area is 274 Å². The van der Waals surface area contributed by atoms with E-state index < -0.39 is 40.3 Å². The van der Waals surface area contributed by atoms with E-state index in [1.807, 2.05) is 11.9 Å². The molecule has 2 atom stereocenters. The summed E-state index contributed by atoms with van der Waals surface area (Å²) in [5, 5.41) is 12.8. The first kappa shape index (κ1) is 34.3. The van der Waals surface area contributed by atoms with Crippen molar-refractivity contribution in [1.82, 2.24) is 40.1 Å². The average molecular weight is 680 g/mol. The number of nitrogens with one attached hydrogen (secondary N) is 2. The summed E-state index contributed by atoms with van der Waals surface area (Å²) in [5.74, 6) is -2.10. The van der Waals surface area contributed by atoms with E-state index in [9.17, 15) is 22.8 Å². The molecule has 0 radical (unpaired) electrons. The molecular formula is C29H37ClF3N11O3. The van der Waals surface area contributed by atoms with Crippen molar-refractivity contribution in [2.45, 2.75) is 38.5 Å². The fraction of sp³-hybridized carbons (Fsp3) is 0.517. The Morgan fingerprint density at radius 1 is 1.11 bits per heavy atom. The van der Waals surface area contributed by atoms with Crippen LogP contribution in [0.2, 0.25) is 5.15 Å². The molecule has 14 nitrogen and oxygen atoms in total. The number of carbonyl (C=O) groups is 2. The van der Waals surface area contributed by atoms with E-state index >= 15 is 0 Å². The fourth-order valence-electron chi connectivity index (χ4n) is 5.52. The summed E-state index contributed by atoms with van der Waals surface area (Å²) in [6.07, 6.45) is -2.83. The number of hydrogen-bond donors (Lipinski definition) is 3. The van der Waals surface area contributed by atoms with E-state index in [0.717, 1.165) is 26.1 Å². The minimum Gasteiger partial charge on any atom is -0.381 e. The second-order valence-corrected chi connectivity index (χ2v) is 12.0. The molecule has 4 N–H and O–H groups in total. The maximum Gasteiger partial charge on any atom is 0.435 e. The number of carbonyl (C=O) groups excluding carboxylic acids is 2. The highest BCUT2D eigenvalue weighted by Gasteiger charge is 2.40. The van der Waals surface area contributed by atoms with E-state index in [2.05, 4.69) is 54.6 Å². The Bertz CT molecular complexity index is 1590. The van der Waals surface area contributed by atoms with Crippen molar-refractivity contribution < 1.29 is 27.5 Å². The molecule has 18 heteroatoms. The Balaban J connectivity index is 1.39. The first-order valence-electron chi connectivity index (χ1n) is 15.1. The van der Waals surface area contributed by atoms with Crippen LogP contribution in [0.1, 0.15) is 46.9 Å². The van der Waals surface area contributed by atoms with Gasteiger partial charge in [-0.15, -0.1) is 5.10 Å². The predicted molar refractivity (Wildman–Crippen MR) is 169 cm³/mol. The SMILES string of the molecule is C[C@@H]1CN(c2ccc(-n3cc(C(=O)NCCCN4CCOCC4)nn3)cc2NC(=O)c2nc(N)c(Cl)nc2C(F)(F)F)C[C@H](C)N1C. The molecule has 2 aromatic heterocycles. The molecule has 47 heavy (non-hydrogen) atoms. The lowest BCUT2D eigenvalue weighted by atomic mass is 10.1. The zero-order chi connectivity index (χ0) is 33.9. The van der Waals surface area contributed by atoms with Crippen molar-refractivity contribution in [3.63, 3.8) is 0 Å². The van der Waals surface area contributed by atoms with Crippen LogP contribution in [0.5, 0.6) is 0 Å². The largest absolute Gasteiger partial charge is 0.435 e. The molecule has 5 rings (SSSR count).